The van der Waals surface area contributed by atoms with Gasteiger partial charge in [0.05, 0.1) is 12.2 Å². The zero-order valence-corrected chi connectivity index (χ0v) is 11.4. The molecule has 18 heavy (non-hydrogen) atoms. The normalized spacial score (nSPS) is 10.2. The summed E-state index contributed by atoms with van der Waals surface area (Å²) in [5.41, 5.74) is 7.35. The number of hydrogen-bond acceptors (Lipinski definition) is 4. The Morgan fingerprint density at radius 2 is 2.06 bits per heavy atom. The average Bonchev–Trinajstić information content (AvgIpc) is 2.40. The first-order valence-corrected chi connectivity index (χ1v) is 6.26. The van der Waals surface area contributed by atoms with Gasteiger partial charge in [-0.05, 0) is 26.0 Å². The van der Waals surface area contributed by atoms with Gasteiger partial charge in [0, 0.05) is 38.6 Å². The third-order valence-electron chi connectivity index (χ3n) is 2.94. The molecule has 0 unspecified atom stereocenters. The van der Waals surface area contributed by atoms with Crippen molar-refractivity contribution in [2.45, 2.75) is 20.4 Å². The predicted octanol–water partition coefficient (Wildman–Crippen LogP) is 0.845. The van der Waals surface area contributed by atoms with E-state index in [1.54, 1.807) is 6.20 Å². The molecule has 1 rings (SSSR count). The van der Waals surface area contributed by atoms with Gasteiger partial charge in [-0.1, -0.05) is 0 Å². The van der Waals surface area contributed by atoms with Crippen molar-refractivity contribution < 1.29 is 4.79 Å². The standard InChI is InChI=1S/C13H22N4O/c1-4-17(5-2)13(18)10-16(3)12-6-7-15-11(8-12)9-14/h6-8H,4-5,9-10,14H2,1-3H3. The summed E-state index contributed by atoms with van der Waals surface area (Å²) >= 11 is 0. The van der Waals surface area contributed by atoms with Gasteiger partial charge in [0.25, 0.3) is 0 Å². The number of pyridine rings is 1. The van der Waals surface area contributed by atoms with Crippen LogP contribution in [0.1, 0.15) is 19.5 Å². The van der Waals surface area contributed by atoms with Crippen molar-refractivity contribution >= 4 is 11.6 Å². The molecule has 0 radical (unpaired) electrons. The van der Waals surface area contributed by atoms with E-state index in [-0.39, 0.29) is 5.91 Å². The van der Waals surface area contributed by atoms with E-state index < -0.39 is 0 Å². The zero-order valence-electron chi connectivity index (χ0n) is 11.4. The maximum absolute atomic E-state index is 12.0. The number of aromatic nitrogens is 1. The minimum atomic E-state index is 0.133. The number of carbonyl (C=O) groups is 1. The predicted molar refractivity (Wildman–Crippen MR) is 73.3 cm³/mol. The molecule has 0 atom stereocenters. The summed E-state index contributed by atoms with van der Waals surface area (Å²) in [4.78, 5) is 19.9. The average molecular weight is 250 g/mol. The maximum Gasteiger partial charge on any atom is 0.242 e. The van der Waals surface area contributed by atoms with Gasteiger partial charge >= 0.3 is 0 Å². The van der Waals surface area contributed by atoms with Crippen molar-refractivity contribution in [2.75, 3.05) is 31.6 Å². The highest BCUT2D eigenvalue weighted by molar-refractivity contribution is 5.81. The van der Waals surface area contributed by atoms with Gasteiger partial charge in [-0.3, -0.25) is 9.78 Å². The fourth-order valence-electron chi connectivity index (χ4n) is 1.79. The first-order valence-electron chi connectivity index (χ1n) is 6.26. The van der Waals surface area contributed by atoms with Crippen molar-refractivity contribution in [1.82, 2.24) is 9.88 Å². The summed E-state index contributed by atoms with van der Waals surface area (Å²) in [5, 5.41) is 0. The molecule has 0 saturated carbocycles. The van der Waals surface area contributed by atoms with Crippen LogP contribution in [0.25, 0.3) is 0 Å². The second-order valence-corrected chi connectivity index (χ2v) is 4.13. The fourth-order valence-corrected chi connectivity index (χ4v) is 1.79. The van der Waals surface area contributed by atoms with Crippen molar-refractivity contribution in [1.29, 1.82) is 0 Å². The molecule has 100 valence electrons. The Kier molecular flexibility index (Phi) is 5.58. The zero-order chi connectivity index (χ0) is 13.5. The van der Waals surface area contributed by atoms with Gasteiger partial charge in [0.2, 0.25) is 5.91 Å². The first kappa shape index (κ1) is 14.4. The summed E-state index contributed by atoms with van der Waals surface area (Å²) < 4.78 is 0. The Labute approximate surface area is 109 Å². The highest BCUT2D eigenvalue weighted by Crippen LogP contribution is 2.12. The second-order valence-electron chi connectivity index (χ2n) is 4.13. The molecular formula is C13H22N4O. The molecule has 1 amide bonds. The van der Waals surface area contributed by atoms with Gasteiger partial charge < -0.3 is 15.5 Å². The van der Waals surface area contributed by atoms with Crippen molar-refractivity contribution in [3.8, 4) is 0 Å². The lowest BCUT2D eigenvalue weighted by atomic mass is 10.3. The van der Waals surface area contributed by atoms with Crippen LogP contribution in [0.5, 0.6) is 0 Å². The number of amides is 1. The number of likely N-dealkylation sites (N-methyl/N-ethyl adjacent to an activating group) is 2. The van der Waals surface area contributed by atoms with Gasteiger partial charge in [-0.2, -0.15) is 0 Å². The number of nitrogens with two attached hydrogens (primary N) is 1. The number of rotatable bonds is 6. The smallest absolute Gasteiger partial charge is 0.242 e. The summed E-state index contributed by atoms with van der Waals surface area (Å²) in [6.45, 7) is 6.24. The Morgan fingerprint density at radius 1 is 1.39 bits per heavy atom. The molecule has 0 aliphatic heterocycles. The van der Waals surface area contributed by atoms with Gasteiger partial charge in [0.1, 0.15) is 0 Å². The number of anilines is 1. The fraction of sp³-hybridized carbons (Fsp3) is 0.538. The molecule has 5 nitrogen and oxygen atoms in total. The van der Waals surface area contributed by atoms with Gasteiger partial charge in [-0.25, -0.2) is 0 Å². The van der Waals surface area contributed by atoms with Crippen LogP contribution in [-0.4, -0.2) is 42.5 Å². The van der Waals surface area contributed by atoms with E-state index >= 15 is 0 Å². The summed E-state index contributed by atoms with van der Waals surface area (Å²) in [6, 6.07) is 3.80. The lowest BCUT2D eigenvalue weighted by molar-refractivity contribution is -0.129. The van der Waals surface area contributed by atoms with Crippen LogP contribution in [0.4, 0.5) is 5.69 Å². The van der Waals surface area contributed by atoms with Crippen molar-refractivity contribution in [2.24, 2.45) is 5.73 Å². The van der Waals surface area contributed by atoms with Crippen LogP contribution in [0.15, 0.2) is 18.3 Å². The SMILES string of the molecule is CCN(CC)C(=O)CN(C)c1ccnc(CN)c1. The van der Waals surface area contributed by atoms with E-state index in [1.807, 2.05) is 42.8 Å². The molecule has 0 spiro atoms. The Bertz CT molecular complexity index is 390. The molecule has 2 N–H and O–H groups in total. The summed E-state index contributed by atoms with van der Waals surface area (Å²) in [5.74, 6) is 0.133. The Balaban J connectivity index is 2.69. The van der Waals surface area contributed by atoms with Crippen LogP contribution < -0.4 is 10.6 Å². The largest absolute Gasteiger partial charge is 0.365 e. The Morgan fingerprint density at radius 3 is 2.61 bits per heavy atom. The number of nitrogens with zero attached hydrogens (tertiary/aromatic N) is 3. The number of carbonyl (C=O) groups excluding carboxylic acids is 1. The van der Waals surface area contributed by atoms with Crippen LogP contribution in [-0.2, 0) is 11.3 Å². The molecular weight excluding hydrogens is 228 g/mol. The monoisotopic (exact) mass is 250 g/mol. The number of hydrogen-bond donors (Lipinski definition) is 1. The lowest BCUT2D eigenvalue weighted by Crippen LogP contribution is -2.38. The maximum atomic E-state index is 12.0. The van der Waals surface area contributed by atoms with Crippen molar-refractivity contribution in [3.63, 3.8) is 0 Å². The molecule has 0 aromatic carbocycles. The summed E-state index contributed by atoms with van der Waals surface area (Å²) in [7, 11) is 1.90. The van der Waals surface area contributed by atoms with Gasteiger partial charge in [0.15, 0.2) is 0 Å². The third-order valence-corrected chi connectivity index (χ3v) is 2.94. The van der Waals surface area contributed by atoms with E-state index in [9.17, 15) is 4.79 Å². The molecule has 0 fully saturated rings. The van der Waals surface area contributed by atoms with Crippen molar-refractivity contribution in [3.05, 3.63) is 24.0 Å². The van der Waals surface area contributed by atoms with E-state index in [2.05, 4.69) is 4.98 Å². The van der Waals surface area contributed by atoms with Crippen LogP contribution in [0.3, 0.4) is 0 Å². The van der Waals surface area contributed by atoms with Crippen LogP contribution >= 0.6 is 0 Å². The molecule has 1 aromatic rings. The third kappa shape index (κ3) is 3.70. The molecule has 0 saturated heterocycles. The minimum absolute atomic E-state index is 0.133. The van der Waals surface area contributed by atoms with E-state index in [0.717, 1.165) is 24.5 Å². The van der Waals surface area contributed by atoms with Crippen LogP contribution in [0.2, 0.25) is 0 Å². The first-order chi connectivity index (χ1) is 8.62. The van der Waals surface area contributed by atoms with Gasteiger partial charge in [-0.15, -0.1) is 0 Å². The minimum Gasteiger partial charge on any atom is -0.365 e. The summed E-state index contributed by atoms with van der Waals surface area (Å²) in [6.07, 6.45) is 1.72. The van der Waals surface area contributed by atoms with E-state index in [4.69, 9.17) is 5.73 Å². The lowest BCUT2D eigenvalue weighted by Gasteiger charge is -2.24. The molecule has 0 bridgehead atoms. The molecule has 5 heteroatoms. The quantitative estimate of drug-likeness (QED) is 0.813. The second kappa shape index (κ2) is 6.96. The van der Waals surface area contributed by atoms with Crippen LogP contribution in [0, 0.1) is 0 Å². The molecule has 1 aromatic heterocycles. The molecule has 0 aliphatic carbocycles. The van der Waals surface area contributed by atoms with E-state index in [0.29, 0.717) is 13.1 Å². The topological polar surface area (TPSA) is 62.5 Å². The highest BCUT2D eigenvalue weighted by atomic mass is 16.2. The molecule has 0 aliphatic rings. The highest BCUT2D eigenvalue weighted by Gasteiger charge is 2.12. The van der Waals surface area contributed by atoms with E-state index in [1.165, 1.54) is 0 Å². The Hall–Kier alpha value is -1.62. The molecule has 1 heterocycles.